The Morgan fingerprint density at radius 1 is 1.18 bits per heavy atom. The molecule has 1 aromatic carbocycles. The average Bonchev–Trinajstić information content (AvgIpc) is 2.76. The molecule has 0 aliphatic rings. The van der Waals surface area contributed by atoms with Gasteiger partial charge in [0.15, 0.2) is 0 Å². The molecule has 34 heavy (non-hydrogen) atoms. The molecule has 0 N–H and O–H groups in total. The van der Waals surface area contributed by atoms with Crippen molar-refractivity contribution in [3.8, 4) is 11.6 Å². The molecule has 0 aliphatic carbocycles. The zero-order chi connectivity index (χ0) is 24.6. The minimum Gasteiger partial charge on any atom is -0.475 e. The lowest BCUT2D eigenvalue weighted by Crippen LogP contribution is -2.20. The summed E-state index contributed by atoms with van der Waals surface area (Å²) in [7, 11) is 0. The van der Waals surface area contributed by atoms with E-state index in [4.69, 9.17) is 16.3 Å². The first-order valence-electron chi connectivity index (χ1n) is 10.8. The first-order valence-corrected chi connectivity index (χ1v) is 11.2. The summed E-state index contributed by atoms with van der Waals surface area (Å²) in [5.74, 6) is -0.0724. The SMILES string of the molecule is C/C(=C\c1ccnc(OC(C)C)c1)c1nn(-c2ccc(Cl)cc2F)c2cc(C)c(C)nc2c1=O. The summed E-state index contributed by atoms with van der Waals surface area (Å²) in [6, 6.07) is 9.71. The fourth-order valence-electron chi connectivity index (χ4n) is 3.56. The van der Waals surface area contributed by atoms with E-state index in [1.54, 1.807) is 37.4 Å². The summed E-state index contributed by atoms with van der Waals surface area (Å²) >= 11 is 5.95. The highest BCUT2D eigenvalue weighted by atomic mass is 35.5. The molecular weight excluding hydrogens is 455 g/mol. The number of rotatable bonds is 5. The van der Waals surface area contributed by atoms with Crippen LogP contribution in [0, 0.1) is 19.7 Å². The van der Waals surface area contributed by atoms with Crippen LogP contribution in [0.5, 0.6) is 5.88 Å². The van der Waals surface area contributed by atoms with Gasteiger partial charge in [-0.2, -0.15) is 5.10 Å². The Morgan fingerprint density at radius 3 is 2.65 bits per heavy atom. The maximum Gasteiger partial charge on any atom is 0.233 e. The number of fused-ring (bicyclic) bond motifs is 1. The number of pyridine rings is 2. The van der Waals surface area contributed by atoms with E-state index in [0.29, 0.717) is 17.0 Å². The van der Waals surface area contributed by atoms with Crippen molar-refractivity contribution in [2.75, 3.05) is 0 Å². The fraction of sp³-hybridized carbons (Fsp3) is 0.231. The van der Waals surface area contributed by atoms with Crippen molar-refractivity contribution in [2.24, 2.45) is 0 Å². The van der Waals surface area contributed by atoms with Gasteiger partial charge in [0.05, 0.1) is 11.6 Å². The molecule has 3 aromatic heterocycles. The quantitative estimate of drug-likeness (QED) is 0.355. The number of hydrogen-bond donors (Lipinski definition) is 0. The molecule has 0 radical (unpaired) electrons. The molecule has 0 atom stereocenters. The van der Waals surface area contributed by atoms with Gasteiger partial charge in [-0.3, -0.25) is 4.79 Å². The van der Waals surface area contributed by atoms with Crippen molar-refractivity contribution in [1.82, 2.24) is 19.7 Å². The predicted octanol–water partition coefficient (Wildman–Crippen LogP) is 5.93. The Hall–Kier alpha value is -3.58. The van der Waals surface area contributed by atoms with Crippen molar-refractivity contribution in [1.29, 1.82) is 0 Å². The highest BCUT2D eigenvalue weighted by Crippen LogP contribution is 2.24. The first-order chi connectivity index (χ1) is 16.1. The molecule has 0 bridgehead atoms. The zero-order valence-electron chi connectivity index (χ0n) is 19.6. The van der Waals surface area contributed by atoms with E-state index in [-0.39, 0.29) is 33.5 Å². The van der Waals surface area contributed by atoms with Crippen LogP contribution < -0.4 is 10.2 Å². The van der Waals surface area contributed by atoms with Gasteiger partial charge in [-0.15, -0.1) is 0 Å². The predicted molar refractivity (Wildman–Crippen MR) is 133 cm³/mol. The Morgan fingerprint density at radius 2 is 1.94 bits per heavy atom. The molecule has 0 spiro atoms. The Labute approximate surface area is 201 Å². The molecule has 4 aromatic rings. The van der Waals surface area contributed by atoms with Crippen molar-refractivity contribution in [3.63, 3.8) is 0 Å². The Balaban J connectivity index is 1.95. The van der Waals surface area contributed by atoms with Crippen molar-refractivity contribution >= 4 is 34.3 Å². The van der Waals surface area contributed by atoms with E-state index < -0.39 is 5.82 Å². The van der Waals surface area contributed by atoms with E-state index in [1.165, 1.54) is 16.8 Å². The van der Waals surface area contributed by atoms with E-state index in [1.807, 2.05) is 33.8 Å². The number of ether oxygens (including phenoxy) is 1. The van der Waals surface area contributed by atoms with Crippen molar-refractivity contribution < 1.29 is 9.13 Å². The van der Waals surface area contributed by atoms with Crippen LogP contribution in [-0.4, -0.2) is 25.9 Å². The van der Waals surface area contributed by atoms with Crippen LogP contribution in [0.4, 0.5) is 4.39 Å². The number of benzene rings is 1. The second kappa shape index (κ2) is 9.35. The van der Waals surface area contributed by atoms with E-state index in [0.717, 1.165) is 16.8 Å². The lowest BCUT2D eigenvalue weighted by Gasteiger charge is -2.14. The lowest BCUT2D eigenvalue weighted by molar-refractivity contribution is 0.232. The van der Waals surface area contributed by atoms with Gasteiger partial charge in [0.25, 0.3) is 0 Å². The molecule has 0 unspecified atom stereocenters. The number of nitrogens with zero attached hydrogens (tertiary/aromatic N) is 4. The van der Waals surface area contributed by atoms with Gasteiger partial charge in [0.1, 0.15) is 22.7 Å². The average molecular weight is 479 g/mol. The maximum absolute atomic E-state index is 14.9. The van der Waals surface area contributed by atoms with Gasteiger partial charge in [0, 0.05) is 23.0 Å². The van der Waals surface area contributed by atoms with Gasteiger partial charge in [0.2, 0.25) is 11.3 Å². The summed E-state index contributed by atoms with van der Waals surface area (Å²) < 4.78 is 22.0. The maximum atomic E-state index is 14.9. The van der Waals surface area contributed by atoms with Crippen LogP contribution in [0.3, 0.4) is 0 Å². The minimum absolute atomic E-state index is 0.0192. The van der Waals surface area contributed by atoms with Crippen LogP contribution in [0.2, 0.25) is 5.02 Å². The third kappa shape index (κ3) is 4.70. The Bertz CT molecular complexity index is 1490. The van der Waals surface area contributed by atoms with Crippen molar-refractivity contribution in [3.05, 3.63) is 86.2 Å². The second-order valence-corrected chi connectivity index (χ2v) is 8.80. The third-order valence-electron chi connectivity index (χ3n) is 5.31. The molecular formula is C26H24ClFN4O2. The molecule has 0 amide bonds. The summed E-state index contributed by atoms with van der Waals surface area (Å²) in [5.41, 5.74) is 3.62. The van der Waals surface area contributed by atoms with Gasteiger partial charge in [-0.25, -0.2) is 19.0 Å². The fourth-order valence-corrected chi connectivity index (χ4v) is 3.72. The summed E-state index contributed by atoms with van der Waals surface area (Å²) in [5, 5.41) is 4.83. The molecule has 0 saturated heterocycles. The molecule has 0 fully saturated rings. The van der Waals surface area contributed by atoms with Crippen molar-refractivity contribution in [2.45, 2.75) is 40.7 Å². The second-order valence-electron chi connectivity index (χ2n) is 8.37. The normalized spacial score (nSPS) is 11.9. The highest BCUT2D eigenvalue weighted by Gasteiger charge is 2.18. The molecule has 3 heterocycles. The van der Waals surface area contributed by atoms with Crippen LogP contribution in [0.15, 0.2) is 47.4 Å². The summed E-state index contributed by atoms with van der Waals surface area (Å²) in [6.07, 6.45) is 3.43. The standard InChI is InChI=1S/C26H24ClFN4O2/c1-14(2)34-23-12-18(8-9-29-23)10-16(4)24-26(33)25-22(11-15(3)17(5)30-25)32(31-24)21-7-6-19(27)13-20(21)28/h6-14H,1-5H3/b16-10+. The van der Waals surface area contributed by atoms with E-state index in [2.05, 4.69) is 15.1 Å². The summed E-state index contributed by atoms with van der Waals surface area (Å²) in [6.45, 7) is 9.33. The van der Waals surface area contributed by atoms with Crippen LogP contribution in [-0.2, 0) is 0 Å². The van der Waals surface area contributed by atoms with Crippen LogP contribution in [0.1, 0.15) is 43.3 Å². The Kier molecular flexibility index (Phi) is 6.48. The van der Waals surface area contributed by atoms with Gasteiger partial charge in [-0.05, 0) is 87.7 Å². The van der Waals surface area contributed by atoms with Gasteiger partial charge < -0.3 is 4.74 Å². The number of hydrogen-bond acceptors (Lipinski definition) is 5. The largest absolute Gasteiger partial charge is 0.475 e. The van der Waals surface area contributed by atoms with E-state index in [9.17, 15) is 9.18 Å². The molecule has 8 heteroatoms. The highest BCUT2D eigenvalue weighted by molar-refractivity contribution is 6.30. The van der Waals surface area contributed by atoms with Crippen LogP contribution in [0.25, 0.3) is 28.4 Å². The van der Waals surface area contributed by atoms with Gasteiger partial charge in [-0.1, -0.05) is 11.6 Å². The topological polar surface area (TPSA) is 69.9 Å². The number of allylic oxidation sites excluding steroid dienone is 1. The molecule has 0 aliphatic heterocycles. The van der Waals surface area contributed by atoms with Crippen LogP contribution >= 0.6 is 11.6 Å². The summed E-state index contributed by atoms with van der Waals surface area (Å²) in [4.78, 5) is 22.2. The smallest absolute Gasteiger partial charge is 0.233 e. The minimum atomic E-state index is -0.555. The number of aromatic nitrogens is 4. The lowest BCUT2D eigenvalue weighted by atomic mass is 10.1. The number of halogens is 2. The molecule has 6 nitrogen and oxygen atoms in total. The third-order valence-corrected chi connectivity index (χ3v) is 5.55. The van der Waals surface area contributed by atoms with Gasteiger partial charge >= 0.3 is 0 Å². The molecule has 174 valence electrons. The number of aryl methyl sites for hydroxylation is 2. The molecule has 0 saturated carbocycles. The molecule has 4 rings (SSSR count). The van der Waals surface area contributed by atoms with E-state index >= 15 is 0 Å². The first kappa shape index (κ1) is 23.6. The zero-order valence-corrected chi connectivity index (χ0v) is 20.3. The monoisotopic (exact) mass is 478 g/mol.